The van der Waals surface area contributed by atoms with E-state index in [9.17, 15) is 14.7 Å². The third kappa shape index (κ3) is 3.07. The Bertz CT molecular complexity index is 892. The Labute approximate surface area is 156 Å². The number of aryl methyl sites for hydroxylation is 1. The summed E-state index contributed by atoms with van der Waals surface area (Å²) in [6.07, 6.45) is 5.46. The minimum Gasteiger partial charge on any atom is -0.477 e. The number of carboxylic acids is 1. The van der Waals surface area contributed by atoms with Gasteiger partial charge in [0.25, 0.3) is 0 Å². The first-order valence-corrected chi connectivity index (χ1v) is 10.1. The highest BCUT2D eigenvalue weighted by molar-refractivity contribution is 8.07. The molecule has 1 saturated heterocycles. The molecule has 1 fully saturated rings. The van der Waals surface area contributed by atoms with Crippen LogP contribution in [0.4, 0.5) is 0 Å². The molecule has 4 rings (SSSR count). The summed E-state index contributed by atoms with van der Waals surface area (Å²) in [7, 11) is 1.95. The van der Waals surface area contributed by atoms with Crippen LogP contribution in [0.25, 0.3) is 11.3 Å². The third-order valence-corrected chi connectivity index (χ3v) is 7.19. The highest BCUT2D eigenvalue weighted by Gasteiger charge is 2.46. The number of β-lactam (4-membered cyclic amide) rings is 1. The van der Waals surface area contributed by atoms with Crippen molar-refractivity contribution in [2.24, 2.45) is 7.05 Å². The SMILES string of the molecule is C[n+]1ccc(-c2csc(SC3=C(C(=O)O)N4C(=O)[CH][C@H]4SC3)n2)cc1. The fraction of sp³-hybridized carbons (Fsp3) is 0.188. The Morgan fingerprint density at radius 3 is 2.88 bits per heavy atom. The number of hydrogen-bond acceptors (Lipinski definition) is 6. The zero-order chi connectivity index (χ0) is 17.6. The number of carbonyl (C=O) groups is 2. The normalized spacial score (nSPS) is 19.6. The van der Waals surface area contributed by atoms with Crippen LogP contribution in [0, 0.1) is 6.42 Å². The number of rotatable bonds is 4. The van der Waals surface area contributed by atoms with Crippen molar-refractivity contribution in [3.63, 3.8) is 0 Å². The van der Waals surface area contributed by atoms with Crippen LogP contribution in [-0.2, 0) is 16.6 Å². The first-order chi connectivity index (χ1) is 12.0. The molecule has 0 bridgehead atoms. The zero-order valence-electron chi connectivity index (χ0n) is 13.1. The maximum absolute atomic E-state index is 11.7. The summed E-state index contributed by atoms with van der Waals surface area (Å²) in [6.45, 7) is 0. The molecular weight excluding hydrogens is 378 g/mol. The predicted octanol–water partition coefficient (Wildman–Crippen LogP) is 2.14. The van der Waals surface area contributed by atoms with Gasteiger partial charge in [0.2, 0.25) is 5.91 Å². The number of aliphatic carboxylic acids is 1. The number of fused-ring (bicyclic) bond motifs is 1. The molecule has 127 valence electrons. The molecule has 0 aliphatic carbocycles. The van der Waals surface area contributed by atoms with E-state index in [1.54, 1.807) is 18.2 Å². The van der Waals surface area contributed by atoms with Crippen LogP contribution in [0.1, 0.15) is 0 Å². The van der Waals surface area contributed by atoms with E-state index in [1.807, 2.05) is 41.5 Å². The Balaban J connectivity index is 1.61. The maximum Gasteiger partial charge on any atom is 0.353 e. The van der Waals surface area contributed by atoms with Crippen LogP contribution in [0.5, 0.6) is 0 Å². The molecule has 2 aliphatic heterocycles. The van der Waals surface area contributed by atoms with Crippen molar-refractivity contribution in [3.05, 3.63) is 46.9 Å². The Morgan fingerprint density at radius 2 is 2.20 bits per heavy atom. The van der Waals surface area contributed by atoms with Crippen molar-refractivity contribution in [3.8, 4) is 11.3 Å². The topological polar surface area (TPSA) is 74.4 Å². The largest absolute Gasteiger partial charge is 0.477 e. The lowest BCUT2D eigenvalue weighted by Gasteiger charge is -2.43. The number of carboxylic acid groups (broad SMARTS) is 1. The fourth-order valence-corrected chi connectivity index (χ4v) is 5.86. The van der Waals surface area contributed by atoms with E-state index in [-0.39, 0.29) is 17.0 Å². The highest BCUT2D eigenvalue weighted by Crippen LogP contribution is 2.45. The fourth-order valence-electron chi connectivity index (χ4n) is 2.56. The van der Waals surface area contributed by atoms with Crippen molar-refractivity contribution in [2.75, 3.05) is 5.75 Å². The maximum atomic E-state index is 11.7. The molecule has 0 spiro atoms. The van der Waals surface area contributed by atoms with Gasteiger partial charge in [-0.05, 0) is 0 Å². The van der Waals surface area contributed by atoms with Crippen LogP contribution >= 0.6 is 34.9 Å². The molecule has 1 N–H and O–H groups in total. The number of hydrogen-bond donors (Lipinski definition) is 1. The number of aromatic nitrogens is 2. The average Bonchev–Trinajstić information content (AvgIpc) is 3.04. The van der Waals surface area contributed by atoms with Crippen LogP contribution < -0.4 is 4.57 Å². The van der Waals surface area contributed by atoms with Crippen LogP contribution in [0.3, 0.4) is 0 Å². The first-order valence-electron chi connectivity index (χ1n) is 7.38. The van der Waals surface area contributed by atoms with E-state index in [0.29, 0.717) is 10.7 Å². The Morgan fingerprint density at radius 1 is 1.44 bits per heavy atom. The molecule has 4 heterocycles. The highest BCUT2D eigenvalue weighted by atomic mass is 32.2. The summed E-state index contributed by atoms with van der Waals surface area (Å²) in [5, 5.41) is 11.3. The van der Waals surface area contributed by atoms with E-state index < -0.39 is 5.97 Å². The lowest BCUT2D eigenvalue weighted by molar-refractivity contribution is -0.671. The molecule has 1 radical (unpaired) electrons. The van der Waals surface area contributed by atoms with Gasteiger partial charge in [-0.1, -0.05) is 11.8 Å². The van der Waals surface area contributed by atoms with Crippen LogP contribution in [0.15, 0.2) is 44.8 Å². The number of thioether (sulfide) groups is 2. The molecule has 9 heteroatoms. The number of pyridine rings is 1. The van der Waals surface area contributed by atoms with Gasteiger partial charge in [0.05, 0.1) is 17.5 Å². The molecule has 25 heavy (non-hydrogen) atoms. The van der Waals surface area contributed by atoms with Gasteiger partial charge in [-0.15, -0.1) is 23.1 Å². The average molecular weight is 391 g/mol. The van der Waals surface area contributed by atoms with Gasteiger partial charge in [-0.25, -0.2) is 14.3 Å². The zero-order valence-corrected chi connectivity index (χ0v) is 15.5. The Kier molecular flexibility index (Phi) is 4.30. The number of nitrogens with zero attached hydrogens (tertiary/aromatic N) is 3. The minimum absolute atomic E-state index is 0.0877. The van der Waals surface area contributed by atoms with Crippen molar-refractivity contribution < 1.29 is 19.3 Å². The summed E-state index contributed by atoms with van der Waals surface area (Å²) < 4.78 is 2.72. The second-order valence-electron chi connectivity index (χ2n) is 5.51. The van der Waals surface area contributed by atoms with Crippen molar-refractivity contribution in [1.29, 1.82) is 0 Å². The number of carbonyl (C=O) groups excluding carboxylic acids is 1. The van der Waals surface area contributed by atoms with Crippen molar-refractivity contribution >= 4 is 46.7 Å². The van der Waals surface area contributed by atoms with E-state index in [0.717, 1.165) is 15.6 Å². The van der Waals surface area contributed by atoms with Gasteiger partial charge in [-0.3, -0.25) is 9.69 Å². The quantitative estimate of drug-likeness (QED) is 0.636. The number of thiazole rings is 1. The van der Waals surface area contributed by atoms with Gasteiger partial charge < -0.3 is 5.11 Å². The van der Waals surface area contributed by atoms with Crippen LogP contribution in [0.2, 0.25) is 0 Å². The third-order valence-electron chi connectivity index (χ3n) is 3.84. The number of amides is 1. The van der Waals surface area contributed by atoms with Crippen LogP contribution in [-0.4, -0.2) is 38.0 Å². The predicted molar refractivity (Wildman–Crippen MR) is 96.6 cm³/mol. The first kappa shape index (κ1) is 16.6. The van der Waals surface area contributed by atoms with Crippen molar-refractivity contribution in [1.82, 2.24) is 9.88 Å². The van der Waals surface area contributed by atoms with E-state index in [2.05, 4.69) is 4.98 Å². The summed E-state index contributed by atoms with van der Waals surface area (Å²) >= 11 is 4.36. The second-order valence-corrected chi connectivity index (χ2v) is 8.81. The minimum atomic E-state index is -1.07. The standard InChI is InChI=1S/C16H12N3O3S3/c1-18-4-2-9(3-5-18)10-7-24-16(17-10)25-11-8-23-13-6-12(20)19(13)14(11)15(21)22/h2-7,13H,8H2,1H3/p+1/t13-/m1/s1. The Hall–Kier alpha value is -1.84. The summed E-state index contributed by atoms with van der Waals surface area (Å²) in [4.78, 5) is 30.0. The summed E-state index contributed by atoms with van der Waals surface area (Å²) in [6, 6.07) is 3.97. The summed E-state index contributed by atoms with van der Waals surface area (Å²) in [5.41, 5.74) is 1.96. The van der Waals surface area contributed by atoms with Gasteiger partial charge in [0, 0.05) is 33.7 Å². The van der Waals surface area contributed by atoms with E-state index in [1.165, 1.54) is 28.0 Å². The van der Waals surface area contributed by atoms with E-state index in [4.69, 9.17) is 0 Å². The molecule has 1 amide bonds. The molecule has 2 aromatic rings. The molecule has 0 aromatic carbocycles. The molecule has 1 atom stereocenters. The smallest absolute Gasteiger partial charge is 0.353 e. The molecular formula is C16H13N3O3S3+. The van der Waals surface area contributed by atoms with Gasteiger partial charge in [0.1, 0.15) is 12.7 Å². The molecule has 6 nitrogen and oxygen atoms in total. The monoisotopic (exact) mass is 391 g/mol. The molecule has 2 aliphatic rings. The van der Waals surface area contributed by atoms with Gasteiger partial charge >= 0.3 is 5.97 Å². The molecule has 0 unspecified atom stereocenters. The van der Waals surface area contributed by atoms with Crippen molar-refractivity contribution in [2.45, 2.75) is 9.71 Å². The molecule has 2 aromatic heterocycles. The second kappa shape index (κ2) is 6.47. The lowest BCUT2D eigenvalue weighted by Crippen LogP contribution is -2.54. The molecule has 0 saturated carbocycles. The van der Waals surface area contributed by atoms with E-state index >= 15 is 0 Å². The van der Waals surface area contributed by atoms with Gasteiger partial charge in [-0.2, -0.15) is 0 Å². The lowest BCUT2D eigenvalue weighted by atomic mass is 10.1. The summed E-state index contributed by atoms with van der Waals surface area (Å²) in [5.74, 6) is -0.751. The van der Waals surface area contributed by atoms with Gasteiger partial charge in [0.15, 0.2) is 16.7 Å².